The lowest BCUT2D eigenvalue weighted by molar-refractivity contribution is -0.137. The van der Waals surface area contributed by atoms with Crippen molar-refractivity contribution in [3.63, 3.8) is 0 Å². The summed E-state index contributed by atoms with van der Waals surface area (Å²) in [6.07, 6.45) is -4.50. The van der Waals surface area contributed by atoms with Crippen LogP contribution in [0.25, 0.3) is 16.6 Å². The Hall–Kier alpha value is -2.83. The fourth-order valence-electron chi connectivity index (χ4n) is 2.77. The molecule has 0 aliphatic rings. The van der Waals surface area contributed by atoms with Crippen LogP contribution in [-0.4, -0.2) is 23.6 Å². The Kier molecular flexibility index (Phi) is 4.02. The second-order valence-corrected chi connectivity index (χ2v) is 5.96. The van der Waals surface area contributed by atoms with Crippen molar-refractivity contribution in [1.29, 1.82) is 0 Å². The summed E-state index contributed by atoms with van der Waals surface area (Å²) >= 11 is 0. The molecular formula is C18H16F3N3O. The van der Waals surface area contributed by atoms with Crippen molar-refractivity contribution in [2.24, 2.45) is 0 Å². The number of anilines is 1. The summed E-state index contributed by atoms with van der Waals surface area (Å²) in [5.74, 6) is 0.332. The second-order valence-electron chi connectivity index (χ2n) is 5.96. The maximum Gasteiger partial charge on any atom is 0.416 e. The van der Waals surface area contributed by atoms with Crippen LogP contribution in [0.5, 0.6) is 0 Å². The maximum atomic E-state index is 13.2. The van der Waals surface area contributed by atoms with Crippen molar-refractivity contribution < 1.29 is 13.2 Å². The molecule has 4 nitrogen and oxygen atoms in total. The molecule has 0 saturated heterocycles. The minimum absolute atomic E-state index is 0.174. The van der Waals surface area contributed by atoms with Crippen LogP contribution in [0.1, 0.15) is 11.1 Å². The molecule has 0 amide bonds. The monoisotopic (exact) mass is 347 g/mol. The number of fused-ring (bicyclic) bond motifs is 1. The van der Waals surface area contributed by atoms with Crippen LogP contribution in [-0.2, 0) is 6.18 Å². The van der Waals surface area contributed by atoms with Crippen LogP contribution in [0, 0.1) is 6.92 Å². The van der Waals surface area contributed by atoms with Gasteiger partial charge in [0.05, 0.1) is 16.8 Å². The van der Waals surface area contributed by atoms with E-state index in [4.69, 9.17) is 0 Å². The average molecular weight is 347 g/mol. The summed E-state index contributed by atoms with van der Waals surface area (Å²) in [6.45, 7) is 1.79. The van der Waals surface area contributed by atoms with Gasteiger partial charge in [-0.05, 0) is 36.8 Å². The van der Waals surface area contributed by atoms with Crippen molar-refractivity contribution in [1.82, 2.24) is 9.55 Å². The normalized spacial score (nSPS) is 11.8. The highest BCUT2D eigenvalue weighted by Gasteiger charge is 2.31. The molecule has 7 heteroatoms. The van der Waals surface area contributed by atoms with Crippen molar-refractivity contribution in [3.05, 3.63) is 64.1 Å². The van der Waals surface area contributed by atoms with E-state index in [1.54, 1.807) is 50.2 Å². The van der Waals surface area contributed by atoms with Crippen LogP contribution >= 0.6 is 0 Å². The number of nitrogens with zero attached hydrogens (tertiary/aromatic N) is 3. The highest BCUT2D eigenvalue weighted by atomic mass is 19.4. The van der Waals surface area contributed by atoms with Crippen LogP contribution in [0.15, 0.2) is 47.3 Å². The fraction of sp³-hybridized carbons (Fsp3) is 0.222. The van der Waals surface area contributed by atoms with E-state index in [1.165, 1.54) is 10.6 Å². The SMILES string of the molecule is Cc1ccccc1-n1c(=O)nc(N(C)C)c2ccc(C(F)(F)F)cc21. The Balaban J connectivity index is 2.48. The van der Waals surface area contributed by atoms with Gasteiger partial charge in [-0.3, -0.25) is 4.57 Å². The van der Waals surface area contributed by atoms with Crippen molar-refractivity contribution in [3.8, 4) is 5.69 Å². The first-order chi connectivity index (χ1) is 11.7. The summed E-state index contributed by atoms with van der Waals surface area (Å²) < 4.78 is 40.8. The first-order valence-electron chi connectivity index (χ1n) is 7.57. The highest BCUT2D eigenvalue weighted by Crippen LogP contribution is 2.33. The lowest BCUT2D eigenvalue weighted by Gasteiger charge is -2.19. The Morgan fingerprint density at radius 2 is 1.76 bits per heavy atom. The van der Waals surface area contributed by atoms with Gasteiger partial charge in [-0.2, -0.15) is 18.2 Å². The van der Waals surface area contributed by atoms with Gasteiger partial charge in [0.25, 0.3) is 0 Å². The van der Waals surface area contributed by atoms with E-state index >= 15 is 0 Å². The molecule has 0 N–H and O–H groups in total. The molecule has 25 heavy (non-hydrogen) atoms. The number of benzene rings is 2. The lowest BCUT2D eigenvalue weighted by atomic mass is 10.1. The van der Waals surface area contributed by atoms with Crippen LogP contribution in [0.3, 0.4) is 0 Å². The molecule has 0 aliphatic carbocycles. The van der Waals surface area contributed by atoms with Gasteiger partial charge in [0.15, 0.2) is 0 Å². The second kappa shape index (κ2) is 5.91. The minimum atomic E-state index is -4.50. The quantitative estimate of drug-likeness (QED) is 0.708. The predicted molar refractivity (Wildman–Crippen MR) is 91.4 cm³/mol. The van der Waals surface area contributed by atoms with Crippen LogP contribution in [0.4, 0.5) is 19.0 Å². The molecule has 1 heterocycles. The molecule has 0 unspecified atom stereocenters. The zero-order chi connectivity index (χ0) is 18.4. The zero-order valence-electron chi connectivity index (χ0n) is 13.9. The van der Waals surface area contributed by atoms with E-state index < -0.39 is 17.4 Å². The number of halogens is 3. The highest BCUT2D eigenvalue weighted by molar-refractivity contribution is 5.91. The number of aryl methyl sites for hydroxylation is 1. The molecule has 3 aromatic rings. The molecule has 0 spiro atoms. The van der Waals surface area contributed by atoms with Gasteiger partial charge < -0.3 is 4.90 Å². The van der Waals surface area contributed by atoms with E-state index in [-0.39, 0.29) is 5.52 Å². The molecule has 0 radical (unpaired) electrons. The Bertz CT molecular complexity index is 1010. The first kappa shape index (κ1) is 17.0. The predicted octanol–water partition coefficient (Wildman–Crippen LogP) is 3.78. The summed E-state index contributed by atoms with van der Waals surface area (Å²) in [4.78, 5) is 18.3. The van der Waals surface area contributed by atoms with Gasteiger partial charge in [-0.25, -0.2) is 4.79 Å². The van der Waals surface area contributed by atoms with Crippen molar-refractivity contribution in [2.75, 3.05) is 19.0 Å². The molecule has 0 aliphatic heterocycles. The van der Waals surface area contributed by atoms with E-state index in [1.807, 2.05) is 0 Å². The molecule has 0 fully saturated rings. The number of alkyl halides is 3. The molecule has 2 aromatic carbocycles. The fourth-order valence-corrected chi connectivity index (χ4v) is 2.77. The van der Waals surface area contributed by atoms with E-state index in [0.29, 0.717) is 16.9 Å². The third-order valence-electron chi connectivity index (χ3n) is 3.98. The topological polar surface area (TPSA) is 38.1 Å². The Labute approximate surface area is 142 Å². The molecule has 0 bridgehead atoms. The molecule has 3 rings (SSSR count). The van der Waals surface area contributed by atoms with E-state index in [2.05, 4.69) is 4.98 Å². The summed E-state index contributed by atoms with van der Waals surface area (Å²) in [5.41, 5.74) is 0.0210. The lowest BCUT2D eigenvalue weighted by Crippen LogP contribution is -2.26. The largest absolute Gasteiger partial charge is 0.416 e. The van der Waals surface area contributed by atoms with Gasteiger partial charge in [-0.15, -0.1) is 0 Å². The number of hydrogen-bond donors (Lipinski definition) is 0. The van der Waals surface area contributed by atoms with Crippen molar-refractivity contribution in [2.45, 2.75) is 13.1 Å². The maximum absolute atomic E-state index is 13.2. The summed E-state index contributed by atoms with van der Waals surface area (Å²) in [5, 5.41) is 0.473. The number of aromatic nitrogens is 2. The minimum Gasteiger partial charge on any atom is -0.362 e. The molecule has 1 aromatic heterocycles. The Morgan fingerprint density at radius 1 is 1.08 bits per heavy atom. The van der Waals surface area contributed by atoms with Gasteiger partial charge in [0.2, 0.25) is 0 Å². The van der Waals surface area contributed by atoms with Gasteiger partial charge in [-0.1, -0.05) is 18.2 Å². The molecule has 130 valence electrons. The van der Waals surface area contributed by atoms with E-state index in [9.17, 15) is 18.0 Å². The molecular weight excluding hydrogens is 331 g/mol. The standard InChI is InChI=1S/C18H16F3N3O/c1-11-6-4-5-7-14(11)24-15-10-12(18(19,20)21)8-9-13(15)16(23(2)3)22-17(24)25/h4-10H,1-3H3. The van der Waals surface area contributed by atoms with E-state index in [0.717, 1.165) is 17.7 Å². The number of para-hydroxylation sites is 1. The zero-order valence-corrected chi connectivity index (χ0v) is 13.9. The van der Waals surface area contributed by atoms with Gasteiger partial charge in [0.1, 0.15) is 5.82 Å². The number of rotatable bonds is 2. The number of hydrogen-bond acceptors (Lipinski definition) is 3. The van der Waals surface area contributed by atoms with Crippen molar-refractivity contribution >= 4 is 16.7 Å². The molecule has 0 saturated carbocycles. The third kappa shape index (κ3) is 2.97. The first-order valence-corrected chi connectivity index (χ1v) is 7.57. The summed E-state index contributed by atoms with van der Waals surface area (Å²) in [6, 6.07) is 10.4. The van der Waals surface area contributed by atoms with Gasteiger partial charge in [0, 0.05) is 19.5 Å². The van der Waals surface area contributed by atoms with Crippen LogP contribution < -0.4 is 10.6 Å². The molecule has 0 atom stereocenters. The Morgan fingerprint density at radius 3 is 2.36 bits per heavy atom. The summed E-state index contributed by atoms with van der Waals surface area (Å²) in [7, 11) is 3.38. The smallest absolute Gasteiger partial charge is 0.362 e. The van der Waals surface area contributed by atoms with Crippen LogP contribution in [0.2, 0.25) is 0 Å². The van der Waals surface area contributed by atoms with Gasteiger partial charge >= 0.3 is 11.9 Å². The third-order valence-corrected chi connectivity index (χ3v) is 3.98. The average Bonchev–Trinajstić information content (AvgIpc) is 2.53.